The maximum Gasteiger partial charge on any atom is 0.139 e. The highest BCUT2D eigenvalue weighted by atomic mass is 16.4. The van der Waals surface area contributed by atoms with E-state index in [1.54, 1.807) is 12.3 Å². The van der Waals surface area contributed by atoms with Crippen molar-refractivity contribution in [1.82, 2.24) is 0 Å². The van der Waals surface area contributed by atoms with Gasteiger partial charge in [0, 0.05) is 5.56 Å². The molecule has 0 fully saturated rings. The van der Waals surface area contributed by atoms with Crippen LogP contribution in [0.25, 0.3) is 0 Å². The molecule has 1 atom stereocenters. The summed E-state index contributed by atoms with van der Waals surface area (Å²) in [4.78, 5) is 0. The average Bonchev–Trinajstić information content (AvgIpc) is 2.52. The zero-order valence-electron chi connectivity index (χ0n) is 6.86. The number of rotatable bonds is 4. The fraction of sp³-hybridized carbons (Fsp3) is 0.200. The molecule has 1 N–H and O–H groups in total. The van der Waals surface area contributed by atoms with Gasteiger partial charge in [-0.15, -0.1) is 13.2 Å². The van der Waals surface area contributed by atoms with Crippen LogP contribution in [0.15, 0.2) is 42.1 Å². The van der Waals surface area contributed by atoms with Crippen LogP contribution in [0.4, 0.5) is 0 Å². The summed E-state index contributed by atoms with van der Waals surface area (Å²) in [6, 6.07) is 1.82. The van der Waals surface area contributed by atoms with Crippen molar-refractivity contribution in [3.63, 3.8) is 0 Å². The van der Waals surface area contributed by atoms with Gasteiger partial charge in [-0.3, -0.25) is 0 Å². The van der Waals surface area contributed by atoms with Crippen molar-refractivity contribution in [2.75, 3.05) is 0 Å². The highest BCUT2D eigenvalue weighted by molar-refractivity contribution is 5.23. The van der Waals surface area contributed by atoms with Crippen LogP contribution in [0, 0.1) is 0 Å². The minimum atomic E-state index is -0.713. The fourth-order valence-electron chi connectivity index (χ4n) is 1.04. The van der Waals surface area contributed by atoms with Crippen molar-refractivity contribution in [2.24, 2.45) is 0 Å². The predicted molar refractivity (Wildman–Crippen MR) is 47.8 cm³/mol. The number of aliphatic hydroxyl groups excluding tert-OH is 1. The lowest BCUT2D eigenvalue weighted by Gasteiger charge is -2.02. The van der Waals surface area contributed by atoms with Crippen molar-refractivity contribution in [3.8, 4) is 0 Å². The third kappa shape index (κ3) is 1.66. The van der Waals surface area contributed by atoms with E-state index in [9.17, 15) is 5.11 Å². The van der Waals surface area contributed by atoms with E-state index in [0.29, 0.717) is 12.2 Å². The van der Waals surface area contributed by atoms with Gasteiger partial charge in [-0.1, -0.05) is 12.2 Å². The molecular formula is C10H12O2. The van der Waals surface area contributed by atoms with Crippen LogP contribution in [0.2, 0.25) is 0 Å². The minimum Gasteiger partial charge on any atom is -0.466 e. The molecule has 0 radical (unpaired) electrons. The van der Waals surface area contributed by atoms with Gasteiger partial charge in [0.25, 0.3) is 0 Å². The van der Waals surface area contributed by atoms with E-state index in [2.05, 4.69) is 13.2 Å². The van der Waals surface area contributed by atoms with Crippen LogP contribution in [0.3, 0.4) is 0 Å². The van der Waals surface area contributed by atoms with Gasteiger partial charge in [0.2, 0.25) is 0 Å². The SMILES string of the molecule is C=CCc1ccoc1C(O)C=C. The van der Waals surface area contributed by atoms with E-state index < -0.39 is 6.10 Å². The molecule has 1 heterocycles. The summed E-state index contributed by atoms with van der Waals surface area (Å²) in [5, 5.41) is 9.38. The Morgan fingerprint density at radius 3 is 2.92 bits per heavy atom. The monoisotopic (exact) mass is 164 g/mol. The average molecular weight is 164 g/mol. The summed E-state index contributed by atoms with van der Waals surface area (Å²) >= 11 is 0. The second-order valence-electron chi connectivity index (χ2n) is 2.48. The van der Waals surface area contributed by atoms with Crippen molar-refractivity contribution in [2.45, 2.75) is 12.5 Å². The molecule has 1 rings (SSSR count). The second kappa shape index (κ2) is 3.93. The van der Waals surface area contributed by atoms with Gasteiger partial charge in [0.05, 0.1) is 6.26 Å². The van der Waals surface area contributed by atoms with Crippen LogP contribution < -0.4 is 0 Å². The third-order valence-electron chi connectivity index (χ3n) is 1.64. The molecular weight excluding hydrogens is 152 g/mol. The molecule has 2 nitrogen and oxygen atoms in total. The van der Waals surface area contributed by atoms with Crippen molar-refractivity contribution < 1.29 is 9.52 Å². The Labute approximate surface area is 71.8 Å². The largest absolute Gasteiger partial charge is 0.466 e. The molecule has 0 amide bonds. The molecule has 2 heteroatoms. The molecule has 1 unspecified atom stereocenters. The zero-order chi connectivity index (χ0) is 8.97. The summed E-state index contributed by atoms with van der Waals surface area (Å²) in [5.74, 6) is 0.560. The first-order valence-electron chi connectivity index (χ1n) is 3.77. The number of hydrogen-bond donors (Lipinski definition) is 1. The van der Waals surface area contributed by atoms with Gasteiger partial charge in [-0.2, -0.15) is 0 Å². The summed E-state index contributed by atoms with van der Waals surface area (Å²) in [6.07, 6.45) is 4.75. The third-order valence-corrected chi connectivity index (χ3v) is 1.64. The molecule has 1 aromatic heterocycles. The lowest BCUT2D eigenvalue weighted by Crippen LogP contribution is -1.94. The molecule has 0 aliphatic carbocycles. The fourth-order valence-corrected chi connectivity index (χ4v) is 1.04. The first-order chi connectivity index (χ1) is 5.79. The molecule has 0 aliphatic heterocycles. The Morgan fingerprint density at radius 2 is 2.33 bits per heavy atom. The molecule has 12 heavy (non-hydrogen) atoms. The van der Waals surface area contributed by atoms with Gasteiger partial charge in [0.15, 0.2) is 0 Å². The van der Waals surface area contributed by atoms with E-state index in [1.165, 1.54) is 6.08 Å². The number of aliphatic hydroxyl groups is 1. The maximum atomic E-state index is 9.38. The van der Waals surface area contributed by atoms with Gasteiger partial charge in [-0.05, 0) is 12.5 Å². The summed E-state index contributed by atoms with van der Waals surface area (Å²) < 4.78 is 5.10. The van der Waals surface area contributed by atoms with Gasteiger partial charge < -0.3 is 9.52 Å². The van der Waals surface area contributed by atoms with Crippen LogP contribution in [-0.2, 0) is 6.42 Å². The number of allylic oxidation sites excluding steroid dienone is 1. The van der Waals surface area contributed by atoms with Gasteiger partial charge in [0.1, 0.15) is 11.9 Å². The van der Waals surface area contributed by atoms with Crippen molar-refractivity contribution in [3.05, 3.63) is 49.0 Å². The second-order valence-corrected chi connectivity index (χ2v) is 2.48. The summed E-state index contributed by atoms with van der Waals surface area (Å²) in [6.45, 7) is 7.09. The van der Waals surface area contributed by atoms with Crippen LogP contribution in [-0.4, -0.2) is 5.11 Å². The lowest BCUT2D eigenvalue weighted by molar-refractivity contribution is 0.196. The smallest absolute Gasteiger partial charge is 0.139 e. The summed E-state index contributed by atoms with van der Waals surface area (Å²) in [5.41, 5.74) is 0.956. The molecule has 0 aromatic carbocycles. The first-order valence-corrected chi connectivity index (χ1v) is 3.77. The Bertz CT molecular complexity index is 273. The Hall–Kier alpha value is -1.28. The summed E-state index contributed by atoms with van der Waals surface area (Å²) in [7, 11) is 0. The van der Waals surface area contributed by atoms with Crippen molar-refractivity contribution >= 4 is 0 Å². The normalized spacial score (nSPS) is 12.4. The Balaban J connectivity index is 2.89. The molecule has 0 bridgehead atoms. The van der Waals surface area contributed by atoms with Crippen LogP contribution in [0.5, 0.6) is 0 Å². The maximum absolute atomic E-state index is 9.38. The van der Waals surface area contributed by atoms with Crippen LogP contribution >= 0.6 is 0 Å². The zero-order valence-corrected chi connectivity index (χ0v) is 6.86. The van der Waals surface area contributed by atoms with Gasteiger partial charge >= 0.3 is 0 Å². The standard InChI is InChI=1S/C10H12O2/c1-3-5-8-6-7-12-10(8)9(11)4-2/h3-4,6-7,9,11H,1-2,5H2. The predicted octanol–water partition coefficient (Wildman–Crippen LogP) is 2.23. The van der Waals surface area contributed by atoms with E-state index in [4.69, 9.17) is 4.42 Å². The highest BCUT2D eigenvalue weighted by Gasteiger charge is 2.11. The Kier molecular flexibility index (Phi) is 2.88. The van der Waals surface area contributed by atoms with Crippen LogP contribution in [0.1, 0.15) is 17.4 Å². The van der Waals surface area contributed by atoms with E-state index in [-0.39, 0.29) is 0 Å². The molecule has 1 aromatic rings. The van der Waals surface area contributed by atoms with E-state index in [1.807, 2.05) is 6.07 Å². The topological polar surface area (TPSA) is 33.4 Å². The Morgan fingerprint density at radius 1 is 1.58 bits per heavy atom. The van der Waals surface area contributed by atoms with E-state index >= 15 is 0 Å². The first kappa shape index (κ1) is 8.81. The molecule has 0 saturated heterocycles. The van der Waals surface area contributed by atoms with Crippen molar-refractivity contribution in [1.29, 1.82) is 0 Å². The lowest BCUT2D eigenvalue weighted by atomic mass is 10.1. The number of furan rings is 1. The van der Waals surface area contributed by atoms with E-state index in [0.717, 1.165) is 5.56 Å². The molecule has 64 valence electrons. The van der Waals surface area contributed by atoms with Gasteiger partial charge in [-0.25, -0.2) is 0 Å². The quantitative estimate of drug-likeness (QED) is 0.692. The minimum absolute atomic E-state index is 0.560. The molecule has 0 saturated carbocycles. The highest BCUT2D eigenvalue weighted by Crippen LogP contribution is 2.20. The number of hydrogen-bond acceptors (Lipinski definition) is 2. The molecule has 0 aliphatic rings. The molecule has 0 spiro atoms.